The van der Waals surface area contributed by atoms with Crippen LogP contribution in [-0.2, 0) is 23.1 Å². The number of hydrogen-bond donors (Lipinski definition) is 2. The van der Waals surface area contributed by atoms with Crippen molar-refractivity contribution in [2.45, 2.75) is 51.8 Å². The fraction of sp³-hybridized carbons (Fsp3) is 0.750. The normalized spacial score (nSPS) is 16.2. The van der Waals surface area contributed by atoms with Gasteiger partial charge < -0.3 is 14.8 Å². The zero-order valence-electron chi connectivity index (χ0n) is 14.7. The van der Waals surface area contributed by atoms with Crippen molar-refractivity contribution in [3.8, 4) is 0 Å². The number of aryl methyl sites for hydroxylation is 1. The zero-order valence-corrected chi connectivity index (χ0v) is 14.7. The van der Waals surface area contributed by atoms with Crippen molar-refractivity contribution in [1.82, 2.24) is 15.1 Å². The molecule has 1 heterocycles. The highest BCUT2D eigenvalue weighted by Gasteiger charge is 2.31. The van der Waals surface area contributed by atoms with Gasteiger partial charge in [-0.05, 0) is 39.5 Å². The summed E-state index contributed by atoms with van der Waals surface area (Å²) in [6, 6.07) is 0.342. The molecule has 2 N–H and O–H groups in total. The van der Waals surface area contributed by atoms with Crippen LogP contribution in [0, 0.1) is 5.92 Å². The Morgan fingerprint density at radius 3 is 2.74 bits per heavy atom. The van der Waals surface area contributed by atoms with Gasteiger partial charge in [-0.1, -0.05) is 0 Å². The molecule has 1 amide bonds. The molecule has 2 rings (SSSR count). The van der Waals surface area contributed by atoms with Gasteiger partial charge in [-0.25, -0.2) is 4.79 Å². The van der Waals surface area contributed by atoms with E-state index >= 15 is 0 Å². The Morgan fingerprint density at radius 2 is 2.17 bits per heavy atom. The maximum Gasteiger partial charge on any atom is 0.413 e. The number of nitrogens with one attached hydrogen (secondary N) is 2. The van der Waals surface area contributed by atoms with E-state index in [2.05, 4.69) is 15.7 Å². The number of carbonyl (C=O) groups excluding carboxylic acids is 1. The summed E-state index contributed by atoms with van der Waals surface area (Å²) in [7, 11) is 3.51. The summed E-state index contributed by atoms with van der Waals surface area (Å²) in [5.74, 6) is 1.34. The molecule has 0 radical (unpaired) electrons. The molecule has 1 aromatic heterocycles. The second-order valence-electron chi connectivity index (χ2n) is 7.05. The largest absolute Gasteiger partial charge is 0.444 e. The molecular formula is C16H28N4O3. The number of aromatic nitrogens is 2. The summed E-state index contributed by atoms with van der Waals surface area (Å²) in [6.07, 6.45) is 3.78. The topological polar surface area (TPSA) is 77.4 Å². The van der Waals surface area contributed by atoms with Crippen LogP contribution >= 0.6 is 0 Å². The minimum atomic E-state index is -0.531. The molecule has 1 aromatic rings. The van der Waals surface area contributed by atoms with Gasteiger partial charge in [-0.2, -0.15) is 5.10 Å². The Labute approximate surface area is 137 Å². The lowest BCUT2D eigenvalue weighted by atomic mass is 10.2. The molecule has 1 saturated carbocycles. The van der Waals surface area contributed by atoms with E-state index in [1.165, 1.54) is 12.8 Å². The minimum absolute atomic E-state index is 0.342. The number of methoxy groups -OCH3 is 1. The standard InChI is InChI=1S/C16H28N4O3/c1-16(2,3)23-15(21)19-14-12(9-18-20(14)4)8-17-13(10-22-5)11-6-7-11/h9,11,13,17H,6-8,10H2,1-5H3,(H,19,21). The van der Waals surface area contributed by atoms with E-state index in [-0.39, 0.29) is 0 Å². The molecule has 130 valence electrons. The molecule has 1 fully saturated rings. The third kappa shape index (κ3) is 5.51. The van der Waals surface area contributed by atoms with E-state index in [1.54, 1.807) is 25.0 Å². The van der Waals surface area contributed by atoms with Gasteiger partial charge in [-0.15, -0.1) is 0 Å². The summed E-state index contributed by atoms with van der Waals surface area (Å²) < 4.78 is 12.2. The summed E-state index contributed by atoms with van der Waals surface area (Å²) in [6.45, 7) is 6.83. The second kappa shape index (κ2) is 7.31. The van der Waals surface area contributed by atoms with Gasteiger partial charge >= 0.3 is 6.09 Å². The summed E-state index contributed by atoms with van der Waals surface area (Å²) in [5.41, 5.74) is 0.400. The van der Waals surface area contributed by atoms with Crippen LogP contribution in [0.4, 0.5) is 10.6 Å². The van der Waals surface area contributed by atoms with Gasteiger partial charge in [0.25, 0.3) is 0 Å². The molecule has 0 spiro atoms. The van der Waals surface area contributed by atoms with Crippen molar-refractivity contribution in [3.63, 3.8) is 0 Å². The molecule has 1 atom stereocenters. The number of carbonyl (C=O) groups is 1. The van der Waals surface area contributed by atoms with E-state index in [0.29, 0.717) is 30.9 Å². The first-order valence-electron chi connectivity index (χ1n) is 8.03. The van der Waals surface area contributed by atoms with Crippen LogP contribution in [0.15, 0.2) is 6.20 Å². The molecule has 7 heteroatoms. The Kier molecular flexibility index (Phi) is 5.64. The monoisotopic (exact) mass is 324 g/mol. The lowest BCUT2D eigenvalue weighted by molar-refractivity contribution is 0.0634. The van der Waals surface area contributed by atoms with E-state index in [0.717, 1.165) is 5.56 Å². The van der Waals surface area contributed by atoms with Gasteiger partial charge in [0.1, 0.15) is 11.4 Å². The number of amides is 1. The highest BCUT2D eigenvalue weighted by atomic mass is 16.6. The van der Waals surface area contributed by atoms with Crippen LogP contribution in [0.25, 0.3) is 0 Å². The molecule has 7 nitrogen and oxygen atoms in total. The zero-order chi connectivity index (χ0) is 17.0. The van der Waals surface area contributed by atoms with Crippen LogP contribution in [0.3, 0.4) is 0 Å². The molecule has 0 aromatic carbocycles. The average molecular weight is 324 g/mol. The SMILES string of the molecule is COCC(NCc1cnn(C)c1NC(=O)OC(C)(C)C)C1CC1. The van der Waals surface area contributed by atoms with Crippen molar-refractivity contribution in [3.05, 3.63) is 11.8 Å². The lowest BCUT2D eigenvalue weighted by Gasteiger charge is -2.20. The van der Waals surface area contributed by atoms with Gasteiger partial charge in [0, 0.05) is 32.3 Å². The predicted molar refractivity (Wildman–Crippen MR) is 88.3 cm³/mol. The van der Waals surface area contributed by atoms with E-state index in [9.17, 15) is 4.79 Å². The molecule has 1 aliphatic rings. The van der Waals surface area contributed by atoms with Crippen molar-refractivity contribution in [2.75, 3.05) is 19.0 Å². The minimum Gasteiger partial charge on any atom is -0.444 e. The smallest absolute Gasteiger partial charge is 0.413 e. The van der Waals surface area contributed by atoms with Gasteiger partial charge in [0.05, 0.1) is 12.8 Å². The number of ether oxygens (including phenoxy) is 2. The fourth-order valence-electron chi connectivity index (χ4n) is 2.45. The number of rotatable bonds is 7. The quantitative estimate of drug-likeness (QED) is 0.804. The fourth-order valence-corrected chi connectivity index (χ4v) is 2.45. The van der Waals surface area contributed by atoms with Gasteiger partial charge in [0.2, 0.25) is 0 Å². The Bertz CT molecular complexity index is 532. The van der Waals surface area contributed by atoms with Crippen molar-refractivity contribution >= 4 is 11.9 Å². The Hall–Kier alpha value is -1.60. The number of anilines is 1. The Balaban J connectivity index is 1.96. The molecule has 0 bridgehead atoms. The van der Waals surface area contributed by atoms with Crippen molar-refractivity contribution in [2.24, 2.45) is 13.0 Å². The number of nitrogens with zero attached hydrogens (tertiary/aromatic N) is 2. The second-order valence-corrected chi connectivity index (χ2v) is 7.05. The molecular weight excluding hydrogens is 296 g/mol. The highest BCUT2D eigenvalue weighted by Crippen LogP contribution is 2.33. The first-order valence-corrected chi connectivity index (χ1v) is 8.03. The van der Waals surface area contributed by atoms with Crippen LogP contribution < -0.4 is 10.6 Å². The van der Waals surface area contributed by atoms with Crippen LogP contribution in [0.2, 0.25) is 0 Å². The van der Waals surface area contributed by atoms with Crippen LogP contribution in [0.5, 0.6) is 0 Å². The molecule has 0 aliphatic heterocycles. The summed E-state index contributed by atoms with van der Waals surface area (Å²) in [5, 5.41) is 10.5. The third-order valence-corrected chi connectivity index (χ3v) is 3.73. The molecule has 1 unspecified atom stereocenters. The maximum absolute atomic E-state index is 12.0. The van der Waals surface area contributed by atoms with Crippen molar-refractivity contribution < 1.29 is 14.3 Å². The third-order valence-electron chi connectivity index (χ3n) is 3.73. The van der Waals surface area contributed by atoms with E-state index in [4.69, 9.17) is 9.47 Å². The van der Waals surface area contributed by atoms with Crippen molar-refractivity contribution in [1.29, 1.82) is 0 Å². The maximum atomic E-state index is 12.0. The number of hydrogen-bond acceptors (Lipinski definition) is 5. The first-order chi connectivity index (χ1) is 10.8. The van der Waals surface area contributed by atoms with Gasteiger partial charge in [0.15, 0.2) is 0 Å². The van der Waals surface area contributed by atoms with Crippen LogP contribution in [-0.4, -0.2) is 41.2 Å². The van der Waals surface area contributed by atoms with E-state index < -0.39 is 11.7 Å². The summed E-state index contributed by atoms with van der Waals surface area (Å²) in [4.78, 5) is 12.0. The average Bonchev–Trinajstić information content (AvgIpc) is 3.21. The van der Waals surface area contributed by atoms with Gasteiger partial charge in [-0.3, -0.25) is 10.00 Å². The first kappa shape index (κ1) is 17.7. The molecule has 0 saturated heterocycles. The van der Waals surface area contributed by atoms with Crippen LogP contribution in [0.1, 0.15) is 39.2 Å². The Morgan fingerprint density at radius 1 is 1.48 bits per heavy atom. The molecule has 23 heavy (non-hydrogen) atoms. The lowest BCUT2D eigenvalue weighted by Crippen LogP contribution is -2.35. The highest BCUT2D eigenvalue weighted by molar-refractivity contribution is 5.84. The van der Waals surface area contributed by atoms with E-state index in [1.807, 2.05) is 20.8 Å². The summed E-state index contributed by atoms with van der Waals surface area (Å²) >= 11 is 0. The predicted octanol–water partition coefficient (Wildman–Crippen LogP) is 2.28. The molecule has 1 aliphatic carbocycles.